The normalized spacial score (nSPS) is 10.5. The zero-order valence-electron chi connectivity index (χ0n) is 13.3. The molecule has 0 unspecified atom stereocenters. The van der Waals surface area contributed by atoms with Crippen LogP contribution in [0.5, 0.6) is 5.75 Å². The van der Waals surface area contributed by atoms with Crippen LogP contribution >= 0.6 is 23.2 Å². The highest BCUT2D eigenvalue weighted by molar-refractivity contribution is 6.36. The van der Waals surface area contributed by atoms with Gasteiger partial charge in [-0.1, -0.05) is 35.3 Å². The van der Waals surface area contributed by atoms with Crippen LogP contribution in [0.1, 0.15) is 15.9 Å². The van der Waals surface area contributed by atoms with Crippen molar-refractivity contribution in [3.63, 3.8) is 0 Å². The molecule has 5 nitrogen and oxygen atoms in total. The largest absolute Gasteiger partial charge is 0.485 e. The van der Waals surface area contributed by atoms with E-state index in [2.05, 4.69) is 0 Å². The van der Waals surface area contributed by atoms with Crippen LogP contribution in [0.4, 0.5) is 5.69 Å². The van der Waals surface area contributed by atoms with Crippen LogP contribution < -0.4 is 16.2 Å². The van der Waals surface area contributed by atoms with Crippen LogP contribution in [0.2, 0.25) is 10.0 Å². The Balaban J connectivity index is 2.04. The van der Waals surface area contributed by atoms with Crippen molar-refractivity contribution in [2.24, 2.45) is 5.73 Å². The van der Waals surface area contributed by atoms with Crippen molar-refractivity contribution in [3.05, 3.63) is 57.6 Å². The molecule has 0 radical (unpaired) electrons. The third kappa shape index (κ3) is 4.54. The van der Waals surface area contributed by atoms with Gasteiger partial charge >= 0.3 is 0 Å². The van der Waals surface area contributed by atoms with Gasteiger partial charge in [0.25, 0.3) is 5.91 Å². The lowest BCUT2D eigenvalue weighted by molar-refractivity contribution is 0.0799. The van der Waals surface area contributed by atoms with Crippen molar-refractivity contribution in [3.8, 4) is 5.75 Å². The highest BCUT2D eigenvalue weighted by Crippen LogP contribution is 2.34. The summed E-state index contributed by atoms with van der Waals surface area (Å²) in [5, 5.41) is 0.810. The predicted molar refractivity (Wildman–Crippen MR) is 97.7 cm³/mol. The molecule has 128 valence electrons. The number of nitrogens with zero attached hydrogens (tertiary/aromatic N) is 1. The molecule has 0 saturated carbocycles. The summed E-state index contributed by atoms with van der Waals surface area (Å²) >= 11 is 12.0. The molecular weight excluding hydrogens is 349 g/mol. The fourth-order valence-electron chi connectivity index (χ4n) is 2.15. The van der Waals surface area contributed by atoms with E-state index in [1.54, 1.807) is 36.2 Å². The summed E-state index contributed by atoms with van der Waals surface area (Å²) in [7, 11) is 1.72. The van der Waals surface area contributed by atoms with Crippen molar-refractivity contribution in [1.29, 1.82) is 0 Å². The molecule has 0 heterocycles. The summed E-state index contributed by atoms with van der Waals surface area (Å²) in [6, 6.07) is 10.3. The molecular formula is C17H19Cl2N3O2. The summed E-state index contributed by atoms with van der Waals surface area (Å²) in [6.45, 7) is 1.22. The van der Waals surface area contributed by atoms with Crippen molar-refractivity contribution in [2.45, 2.75) is 6.61 Å². The number of carbonyl (C=O) groups excluding carboxylic acids is 1. The lowest BCUT2D eigenvalue weighted by Gasteiger charge is -2.16. The number of rotatable bonds is 6. The predicted octanol–water partition coefficient (Wildman–Crippen LogP) is 3.19. The SMILES string of the molecule is CN(CCN)C(=O)c1ccc(COc2c(N)cc(Cl)cc2Cl)cc1. The number of likely N-dealkylation sites (N-methyl/N-ethyl adjacent to an activating group) is 1. The highest BCUT2D eigenvalue weighted by Gasteiger charge is 2.11. The van der Waals surface area contributed by atoms with E-state index >= 15 is 0 Å². The van der Waals surface area contributed by atoms with Gasteiger partial charge < -0.3 is 21.1 Å². The summed E-state index contributed by atoms with van der Waals surface area (Å²) in [5.74, 6) is 0.321. The number of hydrogen-bond acceptors (Lipinski definition) is 4. The van der Waals surface area contributed by atoms with Gasteiger partial charge in [-0.2, -0.15) is 0 Å². The molecule has 24 heavy (non-hydrogen) atoms. The van der Waals surface area contributed by atoms with Crippen molar-refractivity contribution in [2.75, 3.05) is 25.9 Å². The zero-order valence-corrected chi connectivity index (χ0v) is 14.8. The second-order valence-electron chi connectivity index (χ2n) is 5.31. The van der Waals surface area contributed by atoms with E-state index in [1.807, 2.05) is 12.1 Å². The lowest BCUT2D eigenvalue weighted by atomic mass is 10.1. The van der Waals surface area contributed by atoms with Gasteiger partial charge in [-0.25, -0.2) is 0 Å². The third-order valence-electron chi connectivity index (χ3n) is 3.43. The van der Waals surface area contributed by atoms with Crippen LogP contribution in [-0.2, 0) is 6.61 Å². The summed E-state index contributed by atoms with van der Waals surface area (Å²) in [4.78, 5) is 13.7. The standard InChI is InChI=1S/C17H19Cl2N3O2/c1-22(7-6-20)17(23)12-4-2-11(3-5-12)10-24-16-14(19)8-13(18)9-15(16)21/h2-5,8-9H,6-7,10,20-21H2,1H3. The Labute approximate surface area is 151 Å². The Kier molecular flexibility index (Phi) is 6.31. The van der Waals surface area contributed by atoms with Crippen molar-refractivity contribution < 1.29 is 9.53 Å². The zero-order chi connectivity index (χ0) is 17.7. The number of hydrogen-bond donors (Lipinski definition) is 2. The number of benzene rings is 2. The lowest BCUT2D eigenvalue weighted by Crippen LogP contribution is -2.31. The van der Waals surface area contributed by atoms with Crippen LogP contribution in [0.3, 0.4) is 0 Å². The smallest absolute Gasteiger partial charge is 0.253 e. The maximum Gasteiger partial charge on any atom is 0.253 e. The maximum absolute atomic E-state index is 12.1. The number of anilines is 1. The summed E-state index contributed by atoms with van der Waals surface area (Å²) < 4.78 is 5.67. The average Bonchev–Trinajstić information content (AvgIpc) is 2.54. The van der Waals surface area contributed by atoms with Gasteiger partial charge in [-0.05, 0) is 29.8 Å². The molecule has 0 spiro atoms. The fourth-order valence-corrected chi connectivity index (χ4v) is 2.71. The molecule has 2 aromatic carbocycles. The van der Waals surface area contributed by atoms with E-state index in [-0.39, 0.29) is 12.5 Å². The molecule has 2 aromatic rings. The molecule has 0 aromatic heterocycles. The molecule has 0 saturated heterocycles. The Bertz CT molecular complexity index is 697. The van der Waals surface area contributed by atoms with Crippen LogP contribution in [0.15, 0.2) is 36.4 Å². The summed E-state index contributed by atoms with van der Waals surface area (Å²) in [6.07, 6.45) is 0. The minimum absolute atomic E-state index is 0.0714. The molecule has 1 amide bonds. The molecule has 0 aliphatic rings. The second-order valence-corrected chi connectivity index (χ2v) is 6.15. The van der Waals surface area contributed by atoms with E-state index in [1.165, 1.54) is 0 Å². The minimum atomic E-state index is -0.0714. The van der Waals surface area contributed by atoms with E-state index < -0.39 is 0 Å². The summed E-state index contributed by atoms with van der Waals surface area (Å²) in [5.41, 5.74) is 13.2. The minimum Gasteiger partial charge on any atom is -0.485 e. The Morgan fingerprint density at radius 3 is 2.46 bits per heavy atom. The average molecular weight is 368 g/mol. The molecule has 0 atom stereocenters. The topological polar surface area (TPSA) is 81.6 Å². The first kappa shape index (κ1) is 18.4. The number of ether oxygens (including phenoxy) is 1. The maximum atomic E-state index is 12.1. The molecule has 4 N–H and O–H groups in total. The van der Waals surface area contributed by atoms with Crippen molar-refractivity contribution >= 4 is 34.8 Å². The first-order valence-corrected chi connectivity index (χ1v) is 8.09. The van der Waals surface area contributed by atoms with Gasteiger partial charge in [0.05, 0.1) is 10.7 Å². The highest BCUT2D eigenvalue weighted by atomic mass is 35.5. The molecule has 0 aliphatic heterocycles. The number of nitrogen functional groups attached to an aromatic ring is 1. The number of nitrogens with two attached hydrogens (primary N) is 2. The van der Waals surface area contributed by atoms with E-state index in [0.717, 1.165) is 5.56 Å². The number of carbonyl (C=O) groups is 1. The van der Waals surface area contributed by atoms with Gasteiger partial charge in [0.15, 0.2) is 5.75 Å². The van der Waals surface area contributed by atoms with Gasteiger partial charge in [0.2, 0.25) is 0 Å². The monoisotopic (exact) mass is 367 g/mol. The first-order valence-electron chi connectivity index (χ1n) is 7.34. The van der Waals surface area contributed by atoms with E-state index in [4.69, 9.17) is 39.4 Å². The molecule has 0 bridgehead atoms. The van der Waals surface area contributed by atoms with E-state index in [0.29, 0.717) is 40.1 Å². The van der Waals surface area contributed by atoms with Gasteiger partial charge in [-0.15, -0.1) is 0 Å². The molecule has 0 aliphatic carbocycles. The third-order valence-corrected chi connectivity index (χ3v) is 3.93. The second kappa shape index (κ2) is 8.24. The van der Waals surface area contributed by atoms with Crippen LogP contribution in [-0.4, -0.2) is 30.9 Å². The Morgan fingerprint density at radius 1 is 1.21 bits per heavy atom. The first-order chi connectivity index (χ1) is 11.4. The van der Waals surface area contributed by atoms with Crippen LogP contribution in [0.25, 0.3) is 0 Å². The number of halogens is 2. The van der Waals surface area contributed by atoms with Gasteiger partial charge in [0, 0.05) is 30.7 Å². The Morgan fingerprint density at radius 2 is 1.88 bits per heavy atom. The van der Waals surface area contributed by atoms with Crippen molar-refractivity contribution in [1.82, 2.24) is 4.90 Å². The molecule has 0 fully saturated rings. The molecule has 2 rings (SSSR count). The van der Waals surface area contributed by atoms with Gasteiger partial charge in [0.1, 0.15) is 6.61 Å². The van der Waals surface area contributed by atoms with E-state index in [9.17, 15) is 4.79 Å². The van der Waals surface area contributed by atoms with Gasteiger partial charge in [-0.3, -0.25) is 4.79 Å². The number of amides is 1. The quantitative estimate of drug-likeness (QED) is 0.768. The fraction of sp³-hybridized carbons (Fsp3) is 0.235. The van der Waals surface area contributed by atoms with Crippen LogP contribution in [0, 0.1) is 0 Å². The molecule has 7 heteroatoms. The Hall–Kier alpha value is -1.95.